The SMILES string of the molecule is CC(F)C1C=Cc2c[c]ccc21. The van der Waals surface area contributed by atoms with E-state index in [-0.39, 0.29) is 5.92 Å². The zero-order valence-corrected chi connectivity index (χ0v) is 6.92. The van der Waals surface area contributed by atoms with E-state index in [0.29, 0.717) is 0 Å². The molecular formula is C11H10F. The molecule has 1 aliphatic carbocycles. The number of alkyl halides is 1. The van der Waals surface area contributed by atoms with E-state index in [2.05, 4.69) is 6.07 Å². The predicted octanol–water partition coefficient (Wildman–Crippen LogP) is 2.96. The Morgan fingerprint density at radius 2 is 2.42 bits per heavy atom. The van der Waals surface area contributed by atoms with Crippen molar-refractivity contribution < 1.29 is 4.39 Å². The van der Waals surface area contributed by atoms with Crippen LogP contribution in [0.3, 0.4) is 0 Å². The Morgan fingerprint density at radius 1 is 1.58 bits per heavy atom. The molecule has 1 heteroatoms. The summed E-state index contributed by atoms with van der Waals surface area (Å²) >= 11 is 0. The highest BCUT2D eigenvalue weighted by atomic mass is 19.1. The molecule has 2 rings (SSSR count). The Balaban J connectivity index is 2.42. The Kier molecular flexibility index (Phi) is 1.72. The van der Waals surface area contributed by atoms with Gasteiger partial charge in [-0.25, -0.2) is 4.39 Å². The summed E-state index contributed by atoms with van der Waals surface area (Å²) in [6.45, 7) is 1.60. The molecule has 1 aliphatic rings. The molecule has 0 spiro atoms. The fourth-order valence-electron chi connectivity index (χ4n) is 1.61. The first-order valence-corrected chi connectivity index (χ1v) is 4.11. The van der Waals surface area contributed by atoms with Gasteiger partial charge in [0.25, 0.3) is 0 Å². The van der Waals surface area contributed by atoms with Crippen molar-refractivity contribution in [2.75, 3.05) is 0 Å². The summed E-state index contributed by atoms with van der Waals surface area (Å²) in [4.78, 5) is 0. The first kappa shape index (κ1) is 7.53. The first-order valence-electron chi connectivity index (χ1n) is 4.11. The van der Waals surface area contributed by atoms with Crippen LogP contribution in [-0.4, -0.2) is 6.17 Å². The number of benzene rings is 1. The summed E-state index contributed by atoms with van der Waals surface area (Å²) < 4.78 is 13.0. The largest absolute Gasteiger partial charge is 0.247 e. The van der Waals surface area contributed by atoms with Crippen LogP contribution in [-0.2, 0) is 0 Å². The van der Waals surface area contributed by atoms with Crippen LogP contribution in [0.2, 0.25) is 0 Å². The molecule has 2 unspecified atom stereocenters. The van der Waals surface area contributed by atoms with E-state index in [0.717, 1.165) is 11.1 Å². The van der Waals surface area contributed by atoms with E-state index in [1.807, 2.05) is 30.4 Å². The summed E-state index contributed by atoms with van der Waals surface area (Å²) in [6, 6.07) is 8.65. The molecule has 1 aromatic carbocycles. The second-order valence-corrected chi connectivity index (χ2v) is 3.12. The number of hydrogen-bond donors (Lipinski definition) is 0. The standard InChI is InChI=1S/C11H10F/c1-8(12)10-7-6-9-4-2-3-5-11(9)10/h3-8,10H,1H3. The van der Waals surface area contributed by atoms with Gasteiger partial charge in [0.05, 0.1) is 0 Å². The van der Waals surface area contributed by atoms with Crippen molar-refractivity contribution in [1.29, 1.82) is 0 Å². The molecule has 0 saturated heterocycles. The monoisotopic (exact) mass is 161 g/mol. The van der Waals surface area contributed by atoms with Crippen LogP contribution in [0.25, 0.3) is 6.08 Å². The third kappa shape index (κ3) is 1.06. The molecule has 0 amide bonds. The van der Waals surface area contributed by atoms with Crippen molar-refractivity contribution in [2.45, 2.75) is 19.0 Å². The van der Waals surface area contributed by atoms with Gasteiger partial charge >= 0.3 is 0 Å². The maximum absolute atomic E-state index is 13.0. The maximum Gasteiger partial charge on any atom is 0.108 e. The van der Waals surface area contributed by atoms with Crippen molar-refractivity contribution in [3.05, 3.63) is 41.5 Å². The van der Waals surface area contributed by atoms with Gasteiger partial charge in [-0.15, -0.1) is 0 Å². The normalized spacial score (nSPS) is 22.3. The van der Waals surface area contributed by atoms with E-state index in [4.69, 9.17) is 0 Å². The van der Waals surface area contributed by atoms with Crippen molar-refractivity contribution in [1.82, 2.24) is 0 Å². The molecule has 1 radical (unpaired) electrons. The molecule has 1 aromatic rings. The topological polar surface area (TPSA) is 0 Å². The fourth-order valence-corrected chi connectivity index (χ4v) is 1.61. The maximum atomic E-state index is 13.0. The first-order chi connectivity index (χ1) is 5.79. The molecular weight excluding hydrogens is 151 g/mol. The Bertz CT molecular complexity index is 313. The average molecular weight is 161 g/mol. The minimum Gasteiger partial charge on any atom is -0.247 e. The van der Waals surface area contributed by atoms with Gasteiger partial charge in [0, 0.05) is 5.92 Å². The fraction of sp³-hybridized carbons (Fsp3) is 0.273. The van der Waals surface area contributed by atoms with Gasteiger partial charge in [-0.1, -0.05) is 24.3 Å². The van der Waals surface area contributed by atoms with Gasteiger partial charge < -0.3 is 0 Å². The summed E-state index contributed by atoms with van der Waals surface area (Å²) in [7, 11) is 0. The molecule has 12 heavy (non-hydrogen) atoms. The van der Waals surface area contributed by atoms with Crippen molar-refractivity contribution in [3.8, 4) is 0 Å². The number of halogens is 1. The lowest BCUT2D eigenvalue weighted by Gasteiger charge is -2.10. The molecule has 0 bridgehead atoms. The summed E-state index contributed by atoms with van der Waals surface area (Å²) in [5.74, 6) is -0.0467. The van der Waals surface area contributed by atoms with Crippen LogP contribution in [0.1, 0.15) is 24.0 Å². The van der Waals surface area contributed by atoms with E-state index in [9.17, 15) is 4.39 Å². The molecule has 0 heterocycles. The van der Waals surface area contributed by atoms with Gasteiger partial charge in [-0.2, -0.15) is 0 Å². The summed E-state index contributed by atoms with van der Waals surface area (Å²) in [5, 5.41) is 0. The molecule has 0 nitrogen and oxygen atoms in total. The van der Waals surface area contributed by atoms with Gasteiger partial charge in [-0.05, 0) is 30.2 Å². The van der Waals surface area contributed by atoms with Crippen LogP contribution >= 0.6 is 0 Å². The lowest BCUT2D eigenvalue weighted by Crippen LogP contribution is -2.05. The third-order valence-electron chi connectivity index (χ3n) is 2.27. The highest BCUT2D eigenvalue weighted by Gasteiger charge is 2.21. The summed E-state index contributed by atoms with van der Waals surface area (Å²) in [6.07, 6.45) is 3.08. The lowest BCUT2D eigenvalue weighted by molar-refractivity contribution is 0.336. The second-order valence-electron chi connectivity index (χ2n) is 3.12. The Hall–Kier alpha value is -1.11. The van der Waals surface area contributed by atoms with Crippen LogP contribution < -0.4 is 0 Å². The van der Waals surface area contributed by atoms with E-state index in [1.54, 1.807) is 6.92 Å². The van der Waals surface area contributed by atoms with Gasteiger partial charge in [-0.3, -0.25) is 0 Å². The zero-order chi connectivity index (χ0) is 8.55. The zero-order valence-electron chi connectivity index (χ0n) is 6.92. The lowest BCUT2D eigenvalue weighted by atomic mass is 9.97. The minimum absolute atomic E-state index is 0.0467. The second kappa shape index (κ2) is 2.74. The quantitative estimate of drug-likeness (QED) is 0.594. The van der Waals surface area contributed by atoms with Crippen LogP contribution in [0.5, 0.6) is 0 Å². The molecule has 0 saturated carbocycles. The molecule has 0 aromatic heterocycles. The predicted molar refractivity (Wildman–Crippen MR) is 47.6 cm³/mol. The summed E-state index contributed by atoms with van der Waals surface area (Å²) in [5.41, 5.74) is 2.19. The molecule has 0 aliphatic heterocycles. The van der Waals surface area contributed by atoms with Gasteiger partial charge in [0.2, 0.25) is 0 Å². The van der Waals surface area contributed by atoms with Crippen molar-refractivity contribution in [2.24, 2.45) is 0 Å². The average Bonchev–Trinajstić information content (AvgIpc) is 2.47. The Morgan fingerprint density at radius 3 is 3.17 bits per heavy atom. The van der Waals surface area contributed by atoms with Crippen LogP contribution in [0.15, 0.2) is 24.3 Å². The highest BCUT2D eigenvalue weighted by molar-refractivity contribution is 5.62. The molecule has 2 atom stereocenters. The van der Waals surface area contributed by atoms with Crippen molar-refractivity contribution in [3.63, 3.8) is 0 Å². The molecule has 0 N–H and O–H groups in total. The highest BCUT2D eigenvalue weighted by Crippen LogP contribution is 2.33. The van der Waals surface area contributed by atoms with E-state index in [1.165, 1.54) is 0 Å². The molecule has 0 fully saturated rings. The van der Waals surface area contributed by atoms with E-state index < -0.39 is 6.17 Å². The van der Waals surface area contributed by atoms with Crippen molar-refractivity contribution >= 4 is 6.08 Å². The van der Waals surface area contributed by atoms with E-state index >= 15 is 0 Å². The van der Waals surface area contributed by atoms with Gasteiger partial charge in [0.1, 0.15) is 6.17 Å². The minimum atomic E-state index is -0.801. The van der Waals surface area contributed by atoms with Gasteiger partial charge in [0.15, 0.2) is 0 Å². The Labute approximate surface area is 71.7 Å². The number of rotatable bonds is 1. The smallest absolute Gasteiger partial charge is 0.108 e. The number of allylic oxidation sites excluding steroid dienone is 1. The number of hydrogen-bond acceptors (Lipinski definition) is 0. The van der Waals surface area contributed by atoms with Crippen LogP contribution in [0.4, 0.5) is 4.39 Å². The molecule has 61 valence electrons. The number of fused-ring (bicyclic) bond motifs is 1. The third-order valence-corrected chi connectivity index (χ3v) is 2.27. The van der Waals surface area contributed by atoms with Crippen LogP contribution in [0, 0.1) is 6.07 Å².